The lowest BCUT2D eigenvalue weighted by Gasteiger charge is -2.16. The molecular formula is C22H16BrClN4O2S. The minimum atomic E-state index is -0.340. The molecule has 0 unspecified atom stereocenters. The zero-order chi connectivity index (χ0) is 21.7. The summed E-state index contributed by atoms with van der Waals surface area (Å²) in [5, 5.41) is 4.95. The van der Waals surface area contributed by atoms with Crippen molar-refractivity contribution in [2.24, 2.45) is 0 Å². The number of rotatable bonds is 4. The Kier molecular flexibility index (Phi) is 5.16. The van der Waals surface area contributed by atoms with Crippen LogP contribution >= 0.6 is 38.9 Å². The fourth-order valence-corrected chi connectivity index (χ4v) is 5.25. The van der Waals surface area contributed by atoms with Crippen LogP contribution in [0.5, 0.6) is 0 Å². The third-order valence-corrected chi connectivity index (χ3v) is 6.94. The van der Waals surface area contributed by atoms with E-state index >= 15 is 0 Å². The van der Waals surface area contributed by atoms with Crippen LogP contribution in [0.15, 0.2) is 51.7 Å². The fraction of sp³-hybridized carbons (Fsp3) is 0.182. The van der Waals surface area contributed by atoms with E-state index in [4.69, 9.17) is 11.6 Å². The highest BCUT2D eigenvalue weighted by atomic mass is 79.9. The lowest BCUT2D eigenvalue weighted by Crippen LogP contribution is -2.33. The lowest BCUT2D eigenvalue weighted by atomic mass is 10.1. The van der Waals surface area contributed by atoms with Crippen LogP contribution in [-0.4, -0.2) is 27.0 Å². The molecule has 3 heterocycles. The summed E-state index contributed by atoms with van der Waals surface area (Å²) < 4.78 is 2.48. The van der Waals surface area contributed by atoms with E-state index in [2.05, 4.69) is 32.9 Å². The van der Waals surface area contributed by atoms with Gasteiger partial charge in [-0.3, -0.25) is 9.59 Å². The number of nitrogens with zero attached hydrogens (tertiary/aromatic N) is 4. The predicted molar refractivity (Wildman–Crippen MR) is 127 cm³/mol. The second-order valence-electron chi connectivity index (χ2n) is 7.22. The Morgan fingerprint density at radius 3 is 2.74 bits per heavy atom. The van der Waals surface area contributed by atoms with Gasteiger partial charge in [-0.1, -0.05) is 64.3 Å². The van der Waals surface area contributed by atoms with Crippen molar-refractivity contribution < 1.29 is 4.79 Å². The Balaban J connectivity index is 1.71. The van der Waals surface area contributed by atoms with Gasteiger partial charge in [0.05, 0.1) is 11.3 Å². The summed E-state index contributed by atoms with van der Waals surface area (Å²) in [5.74, 6) is 0.270. The molecule has 2 aromatic heterocycles. The van der Waals surface area contributed by atoms with E-state index in [1.165, 1.54) is 15.9 Å². The molecule has 5 rings (SSSR count). The first-order chi connectivity index (χ1) is 15.0. The molecule has 0 N–H and O–H groups in total. The number of carbonyl (C=O) groups excluding carboxylic acids is 1. The normalized spacial score (nSPS) is 15.2. The van der Waals surface area contributed by atoms with Crippen LogP contribution in [0.2, 0.25) is 5.02 Å². The number of hydrogen-bond acceptors (Lipinski definition) is 5. The van der Waals surface area contributed by atoms with E-state index in [0.717, 1.165) is 34.1 Å². The zero-order valence-electron chi connectivity index (χ0n) is 16.4. The maximum atomic E-state index is 13.3. The molecule has 0 atom stereocenters. The molecule has 0 radical (unpaired) electrons. The average Bonchev–Trinajstić information content (AvgIpc) is 3.37. The van der Waals surface area contributed by atoms with Gasteiger partial charge in [-0.25, -0.2) is 0 Å². The second-order valence-corrected chi connectivity index (χ2v) is 9.55. The van der Waals surface area contributed by atoms with E-state index < -0.39 is 0 Å². The number of thiazole rings is 1. The van der Waals surface area contributed by atoms with E-state index in [1.54, 1.807) is 17.0 Å². The quantitative estimate of drug-likeness (QED) is 0.406. The van der Waals surface area contributed by atoms with Gasteiger partial charge in [-0.15, -0.1) is 5.10 Å². The number of anilines is 1. The summed E-state index contributed by atoms with van der Waals surface area (Å²) in [5.41, 5.74) is 2.39. The monoisotopic (exact) mass is 514 g/mol. The van der Waals surface area contributed by atoms with Gasteiger partial charge in [0, 0.05) is 27.2 Å². The molecule has 1 aliphatic heterocycles. The summed E-state index contributed by atoms with van der Waals surface area (Å²) in [4.78, 5) is 33.3. The third kappa shape index (κ3) is 3.39. The van der Waals surface area contributed by atoms with Crippen LogP contribution in [0.1, 0.15) is 25.3 Å². The zero-order valence-corrected chi connectivity index (χ0v) is 19.6. The van der Waals surface area contributed by atoms with Crippen molar-refractivity contribution >= 4 is 61.0 Å². The number of halogens is 2. The Labute approximate surface area is 194 Å². The highest BCUT2D eigenvalue weighted by Crippen LogP contribution is 2.37. The summed E-state index contributed by atoms with van der Waals surface area (Å²) >= 11 is 10.7. The summed E-state index contributed by atoms with van der Waals surface area (Å²) in [6, 6.07) is 12.9. The predicted octanol–water partition coefficient (Wildman–Crippen LogP) is 4.30. The number of unbranched alkanes of at least 4 members (excludes halogenated alkanes) is 1. The van der Waals surface area contributed by atoms with Crippen LogP contribution in [-0.2, 0) is 4.79 Å². The van der Waals surface area contributed by atoms with Crippen LogP contribution in [0.3, 0.4) is 0 Å². The van der Waals surface area contributed by atoms with Gasteiger partial charge < -0.3 is 4.90 Å². The number of benzene rings is 2. The van der Waals surface area contributed by atoms with Crippen LogP contribution in [0.4, 0.5) is 5.69 Å². The Hall–Kier alpha value is -2.55. The first kappa shape index (κ1) is 20.4. The standard InChI is InChI=1S/C22H16BrClN4O2S/c1-2-3-9-27-16-8-7-13(23)11-15(16)17(20(27)29)18-21(30)28-22(31-18)25-19(26-28)12-5-4-6-14(24)10-12/h4-8,10-11H,2-3,9H2,1H3/b18-17-. The second kappa shape index (κ2) is 7.85. The van der Waals surface area contributed by atoms with Gasteiger partial charge in [-0.2, -0.15) is 9.50 Å². The van der Waals surface area contributed by atoms with Gasteiger partial charge in [0.2, 0.25) is 4.96 Å². The molecule has 0 spiro atoms. The van der Waals surface area contributed by atoms with Crippen LogP contribution in [0, 0.1) is 0 Å². The highest BCUT2D eigenvalue weighted by Gasteiger charge is 2.34. The molecule has 0 saturated carbocycles. The van der Waals surface area contributed by atoms with E-state index in [9.17, 15) is 9.59 Å². The Morgan fingerprint density at radius 2 is 2.00 bits per heavy atom. The number of fused-ring (bicyclic) bond motifs is 2. The molecule has 1 amide bonds. The van der Waals surface area contributed by atoms with Crippen LogP contribution in [0.25, 0.3) is 21.9 Å². The molecule has 156 valence electrons. The van der Waals surface area contributed by atoms with E-state index in [-0.39, 0.29) is 11.5 Å². The largest absolute Gasteiger partial charge is 0.308 e. The third-order valence-electron chi connectivity index (χ3n) is 5.18. The van der Waals surface area contributed by atoms with E-state index in [1.807, 2.05) is 30.3 Å². The molecule has 0 bridgehead atoms. The molecule has 31 heavy (non-hydrogen) atoms. The maximum Gasteiger partial charge on any atom is 0.291 e. The topological polar surface area (TPSA) is 67.6 Å². The molecule has 2 aromatic carbocycles. The first-order valence-electron chi connectivity index (χ1n) is 9.79. The van der Waals surface area contributed by atoms with Crippen molar-refractivity contribution in [2.45, 2.75) is 19.8 Å². The Bertz CT molecular complexity index is 1460. The first-order valence-corrected chi connectivity index (χ1v) is 11.8. The average molecular weight is 516 g/mol. The van der Waals surface area contributed by atoms with Gasteiger partial charge in [0.25, 0.3) is 11.5 Å². The fourth-order valence-electron chi connectivity index (χ4n) is 3.70. The molecule has 4 aromatic rings. The van der Waals surface area contributed by atoms with Crippen molar-refractivity contribution in [2.75, 3.05) is 11.4 Å². The number of carbonyl (C=O) groups is 1. The number of aromatic nitrogens is 3. The lowest BCUT2D eigenvalue weighted by molar-refractivity contribution is -0.113. The van der Waals surface area contributed by atoms with Gasteiger partial charge in [-0.05, 0) is 36.8 Å². The van der Waals surface area contributed by atoms with Crippen LogP contribution < -0.4 is 15.0 Å². The van der Waals surface area contributed by atoms with Gasteiger partial charge in [0.15, 0.2) is 5.82 Å². The smallest absolute Gasteiger partial charge is 0.291 e. The van der Waals surface area contributed by atoms with Crippen molar-refractivity contribution in [1.29, 1.82) is 0 Å². The molecule has 0 saturated heterocycles. The van der Waals surface area contributed by atoms with Crippen molar-refractivity contribution in [3.8, 4) is 11.4 Å². The molecule has 9 heteroatoms. The Morgan fingerprint density at radius 1 is 1.16 bits per heavy atom. The molecule has 0 aliphatic carbocycles. The number of hydrogen-bond donors (Lipinski definition) is 0. The maximum absolute atomic E-state index is 13.3. The summed E-state index contributed by atoms with van der Waals surface area (Å²) in [6.45, 7) is 2.70. The minimum Gasteiger partial charge on any atom is -0.308 e. The summed E-state index contributed by atoms with van der Waals surface area (Å²) in [6.07, 6.45) is 1.86. The van der Waals surface area contributed by atoms with E-state index in [0.29, 0.717) is 32.5 Å². The minimum absolute atomic E-state index is 0.154. The molecule has 6 nitrogen and oxygen atoms in total. The van der Waals surface area contributed by atoms with Gasteiger partial charge in [0.1, 0.15) is 4.53 Å². The van der Waals surface area contributed by atoms with Crippen molar-refractivity contribution in [1.82, 2.24) is 14.6 Å². The SMILES string of the molecule is CCCCN1C(=O)/C(=c2\sc3nc(-c4cccc(Cl)c4)nn3c2=O)c2cc(Br)ccc21. The summed E-state index contributed by atoms with van der Waals surface area (Å²) in [7, 11) is 0. The van der Waals surface area contributed by atoms with Crippen molar-refractivity contribution in [3.05, 3.63) is 72.4 Å². The molecule has 0 fully saturated rings. The van der Waals surface area contributed by atoms with Crippen molar-refractivity contribution in [3.63, 3.8) is 0 Å². The highest BCUT2D eigenvalue weighted by molar-refractivity contribution is 9.10. The molecular weight excluding hydrogens is 500 g/mol. The number of amides is 1. The van der Waals surface area contributed by atoms with Gasteiger partial charge >= 0.3 is 0 Å². The molecule has 1 aliphatic rings.